The average Bonchev–Trinajstić information content (AvgIpc) is 2.03. The zero-order chi connectivity index (χ0) is 9.84. The van der Waals surface area contributed by atoms with Crippen LogP contribution in [0.4, 0.5) is 0 Å². The quantitative estimate of drug-likeness (QED) is 0.751. The van der Waals surface area contributed by atoms with Crippen molar-refractivity contribution in [3.05, 3.63) is 0 Å². The third kappa shape index (κ3) is 3.49. The van der Waals surface area contributed by atoms with Gasteiger partial charge >= 0.3 is 0 Å². The summed E-state index contributed by atoms with van der Waals surface area (Å²) >= 11 is 1.96. The molecule has 0 amide bonds. The predicted molar refractivity (Wildman–Crippen MR) is 59.2 cm³/mol. The number of hydrogen-bond donors (Lipinski definition) is 1. The van der Waals surface area contributed by atoms with Crippen molar-refractivity contribution in [1.82, 2.24) is 4.90 Å². The van der Waals surface area contributed by atoms with Crippen LogP contribution < -0.4 is 0 Å². The molecule has 1 aliphatic heterocycles. The molecule has 1 aliphatic rings. The summed E-state index contributed by atoms with van der Waals surface area (Å²) in [4.78, 5) is 2.30. The van der Waals surface area contributed by atoms with Crippen LogP contribution in [0.15, 0.2) is 0 Å². The van der Waals surface area contributed by atoms with Gasteiger partial charge in [-0.05, 0) is 19.4 Å². The van der Waals surface area contributed by atoms with Crippen LogP contribution in [0.3, 0.4) is 0 Å². The van der Waals surface area contributed by atoms with Gasteiger partial charge in [-0.15, -0.1) is 0 Å². The molecule has 3 heteroatoms. The van der Waals surface area contributed by atoms with Gasteiger partial charge in [0.05, 0.1) is 6.10 Å². The number of likely N-dealkylation sites (N-methyl/N-ethyl adjacent to an activating group) is 1. The van der Waals surface area contributed by atoms with E-state index >= 15 is 0 Å². The molecule has 0 aromatic carbocycles. The van der Waals surface area contributed by atoms with E-state index in [-0.39, 0.29) is 6.10 Å². The summed E-state index contributed by atoms with van der Waals surface area (Å²) in [6, 6.07) is 0.376. The van der Waals surface area contributed by atoms with E-state index in [2.05, 4.69) is 25.8 Å². The zero-order valence-electron chi connectivity index (χ0n) is 8.86. The molecule has 1 saturated heterocycles. The van der Waals surface area contributed by atoms with E-state index in [1.807, 2.05) is 11.8 Å². The molecule has 0 aromatic rings. The average molecular weight is 203 g/mol. The van der Waals surface area contributed by atoms with Gasteiger partial charge in [-0.25, -0.2) is 0 Å². The normalized spacial score (nSPS) is 27.9. The number of rotatable bonds is 3. The molecule has 2 atom stereocenters. The third-order valence-electron chi connectivity index (χ3n) is 2.60. The Labute approximate surface area is 85.7 Å². The van der Waals surface area contributed by atoms with Gasteiger partial charge in [-0.3, -0.25) is 4.90 Å². The first-order chi connectivity index (χ1) is 6.11. The lowest BCUT2D eigenvalue weighted by molar-refractivity contribution is 0.0601. The highest BCUT2D eigenvalue weighted by Crippen LogP contribution is 2.20. The van der Waals surface area contributed by atoms with Crippen molar-refractivity contribution in [1.29, 1.82) is 0 Å². The number of thioether (sulfide) groups is 1. The molecule has 1 N–H and O–H groups in total. The van der Waals surface area contributed by atoms with Crippen LogP contribution in [0.2, 0.25) is 0 Å². The van der Waals surface area contributed by atoms with Crippen molar-refractivity contribution < 1.29 is 5.11 Å². The standard InChI is InChI=1S/C10H21NOS/c1-8(2)6-10(12)9-7-13-5-4-11(9)3/h8-10,12H,4-7H2,1-3H3. The van der Waals surface area contributed by atoms with Crippen LogP contribution in [0.5, 0.6) is 0 Å². The Morgan fingerprint density at radius 1 is 1.54 bits per heavy atom. The van der Waals surface area contributed by atoms with Crippen LogP contribution >= 0.6 is 11.8 Å². The maximum absolute atomic E-state index is 9.96. The van der Waals surface area contributed by atoms with E-state index in [1.165, 1.54) is 5.75 Å². The highest BCUT2D eigenvalue weighted by Gasteiger charge is 2.26. The fraction of sp³-hybridized carbons (Fsp3) is 1.00. The van der Waals surface area contributed by atoms with Crippen molar-refractivity contribution in [2.45, 2.75) is 32.4 Å². The first-order valence-corrected chi connectivity index (χ1v) is 6.22. The summed E-state index contributed by atoms with van der Waals surface area (Å²) in [5.74, 6) is 2.89. The van der Waals surface area contributed by atoms with Gasteiger partial charge in [0.1, 0.15) is 0 Å². The molecule has 0 radical (unpaired) electrons. The molecule has 0 aromatic heterocycles. The van der Waals surface area contributed by atoms with Crippen LogP contribution in [0.25, 0.3) is 0 Å². The Kier molecular flexibility index (Phi) is 4.56. The van der Waals surface area contributed by atoms with Crippen molar-refractivity contribution >= 4 is 11.8 Å². The van der Waals surface area contributed by atoms with Crippen LogP contribution in [0.1, 0.15) is 20.3 Å². The molecular weight excluding hydrogens is 182 g/mol. The third-order valence-corrected chi connectivity index (χ3v) is 3.65. The molecule has 0 spiro atoms. The fourth-order valence-corrected chi connectivity index (χ4v) is 3.05. The zero-order valence-corrected chi connectivity index (χ0v) is 9.68. The van der Waals surface area contributed by atoms with E-state index in [9.17, 15) is 5.11 Å². The Balaban J connectivity index is 2.39. The van der Waals surface area contributed by atoms with Gasteiger partial charge in [0, 0.05) is 24.1 Å². The Bertz CT molecular complexity index is 152. The summed E-state index contributed by atoms with van der Waals surface area (Å²) < 4.78 is 0. The van der Waals surface area contributed by atoms with Gasteiger partial charge in [0.2, 0.25) is 0 Å². The van der Waals surface area contributed by atoms with E-state index in [0.717, 1.165) is 18.7 Å². The van der Waals surface area contributed by atoms with Crippen LogP contribution in [-0.4, -0.2) is 47.3 Å². The molecule has 1 fully saturated rings. The van der Waals surface area contributed by atoms with Gasteiger partial charge < -0.3 is 5.11 Å². The summed E-state index contributed by atoms with van der Waals surface area (Å²) in [5, 5.41) is 9.96. The highest BCUT2D eigenvalue weighted by molar-refractivity contribution is 7.99. The molecule has 1 rings (SSSR count). The first kappa shape index (κ1) is 11.3. The number of aliphatic hydroxyl groups is 1. The second-order valence-corrected chi connectivity index (χ2v) is 5.47. The molecule has 0 saturated carbocycles. The molecular formula is C10H21NOS. The molecule has 78 valence electrons. The lowest BCUT2D eigenvalue weighted by atomic mass is 10.0. The van der Waals surface area contributed by atoms with E-state index in [1.54, 1.807) is 0 Å². The molecule has 2 unspecified atom stereocenters. The molecule has 0 bridgehead atoms. The molecule has 1 heterocycles. The monoisotopic (exact) mass is 203 g/mol. The Morgan fingerprint density at radius 3 is 2.77 bits per heavy atom. The van der Waals surface area contributed by atoms with Crippen molar-refractivity contribution in [3.63, 3.8) is 0 Å². The number of aliphatic hydroxyl groups excluding tert-OH is 1. The minimum absolute atomic E-state index is 0.141. The summed E-state index contributed by atoms with van der Waals surface area (Å²) in [7, 11) is 2.12. The van der Waals surface area contributed by atoms with Gasteiger partial charge in [0.25, 0.3) is 0 Å². The largest absolute Gasteiger partial charge is 0.391 e. The summed E-state index contributed by atoms with van der Waals surface area (Å²) in [6.07, 6.45) is 0.785. The summed E-state index contributed by atoms with van der Waals surface area (Å²) in [6.45, 7) is 5.45. The van der Waals surface area contributed by atoms with Gasteiger partial charge in [-0.1, -0.05) is 13.8 Å². The maximum atomic E-state index is 9.96. The minimum atomic E-state index is -0.141. The Hall–Kier alpha value is 0.270. The Morgan fingerprint density at radius 2 is 2.23 bits per heavy atom. The molecule has 13 heavy (non-hydrogen) atoms. The molecule has 2 nitrogen and oxygen atoms in total. The fourth-order valence-electron chi connectivity index (χ4n) is 1.75. The lowest BCUT2D eigenvalue weighted by Crippen LogP contribution is -2.47. The van der Waals surface area contributed by atoms with Crippen LogP contribution in [0, 0.1) is 5.92 Å². The van der Waals surface area contributed by atoms with Crippen molar-refractivity contribution in [3.8, 4) is 0 Å². The van der Waals surface area contributed by atoms with Gasteiger partial charge in [0.15, 0.2) is 0 Å². The lowest BCUT2D eigenvalue weighted by Gasteiger charge is -2.35. The second-order valence-electron chi connectivity index (χ2n) is 4.32. The van der Waals surface area contributed by atoms with E-state index < -0.39 is 0 Å². The van der Waals surface area contributed by atoms with Crippen molar-refractivity contribution in [2.24, 2.45) is 5.92 Å². The van der Waals surface area contributed by atoms with Crippen LogP contribution in [-0.2, 0) is 0 Å². The van der Waals surface area contributed by atoms with E-state index in [0.29, 0.717) is 12.0 Å². The number of hydrogen-bond acceptors (Lipinski definition) is 3. The smallest absolute Gasteiger partial charge is 0.0705 e. The van der Waals surface area contributed by atoms with Gasteiger partial charge in [-0.2, -0.15) is 11.8 Å². The second kappa shape index (κ2) is 5.23. The number of nitrogens with zero attached hydrogens (tertiary/aromatic N) is 1. The minimum Gasteiger partial charge on any atom is -0.391 e. The first-order valence-electron chi connectivity index (χ1n) is 5.07. The van der Waals surface area contributed by atoms with E-state index in [4.69, 9.17) is 0 Å². The van der Waals surface area contributed by atoms with Crippen molar-refractivity contribution in [2.75, 3.05) is 25.1 Å². The SMILES string of the molecule is CC(C)CC(O)C1CSCCN1C. The molecule has 0 aliphatic carbocycles. The topological polar surface area (TPSA) is 23.5 Å². The highest BCUT2D eigenvalue weighted by atomic mass is 32.2. The summed E-state index contributed by atoms with van der Waals surface area (Å²) in [5.41, 5.74) is 0. The maximum Gasteiger partial charge on any atom is 0.0705 e. The predicted octanol–water partition coefficient (Wildman–Crippen LogP) is 1.44.